The van der Waals surface area contributed by atoms with E-state index in [1.165, 1.54) is 0 Å². The Labute approximate surface area is 101 Å². The average molecular weight is 234 g/mol. The largest absolute Gasteiger partial charge is 0.497 e. The summed E-state index contributed by atoms with van der Waals surface area (Å²) in [4.78, 5) is 4.41. The van der Waals surface area contributed by atoms with Gasteiger partial charge in [-0.1, -0.05) is 0 Å². The summed E-state index contributed by atoms with van der Waals surface area (Å²) in [6.45, 7) is 1.44. The van der Waals surface area contributed by atoms with Crippen LogP contribution in [0.15, 0.2) is 29.3 Å². The first-order valence-corrected chi connectivity index (χ1v) is 5.89. The smallest absolute Gasteiger partial charge is 0.216 e. The Hall–Kier alpha value is -1.55. The Kier molecular flexibility index (Phi) is 3.98. The van der Waals surface area contributed by atoms with Crippen LogP contribution < -0.4 is 10.5 Å². The maximum atomic E-state index is 5.78. The van der Waals surface area contributed by atoms with E-state index in [2.05, 4.69) is 4.99 Å². The maximum absolute atomic E-state index is 5.78. The maximum Gasteiger partial charge on any atom is 0.216 e. The molecule has 1 aromatic carbocycles. The van der Waals surface area contributed by atoms with Crippen molar-refractivity contribution in [1.29, 1.82) is 0 Å². The summed E-state index contributed by atoms with van der Waals surface area (Å²) in [6, 6.07) is 7.74. The second-order valence-electron chi connectivity index (χ2n) is 4.05. The number of methoxy groups -OCH3 is 1. The Morgan fingerprint density at radius 2 is 2.18 bits per heavy atom. The van der Waals surface area contributed by atoms with Crippen molar-refractivity contribution in [2.24, 2.45) is 10.7 Å². The van der Waals surface area contributed by atoms with Gasteiger partial charge in [0.25, 0.3) is 0 Å². The normalized spacial score (nSPS) is 18.7. The van der Waals surface area contributed by atoms with Gasteiger partial charge in [-0.05, 0) is 43.7 Å². The molecule has 4 nitrogen and oxygen atoms in total. The van der Waals surface area contributed by atoms with Gasteiger partial charge in [0.05, 0.1) is 13.7 Å². The van der Waals surface area contributed by atoms with E-state index in [4.69, 9.17) is 15.2 Å². The lowest BCUT2D eigenvalue weighted by Crippen LogP contribution is -2.15. The molecule has 0 aromatic heterocycles. The van der Waals surface area contributed by atoms with Crippen molar-refractivity contribution in [1.82, 2.24) is 0 Å². The molecule has 0 bridgehead atoms. The summed E-state index contributed by atoms with van der Waals surface area (Å²) in [5, 5.41) is 0. The first-order chi connectivity index (χ1) is 8.33. The highest BCUT2D eigenvalue weighted by Gasteiger charge is 2.20. The van der Waals surface area contributed by atoms with Crippen LogP contribution in [0.5, 0.6) is 5.75 Å². The molecule has 92 valence electrons. The zero-order valence-corrected chi connectivity index (χ0v) is 10.1. The predicted octanol–water partition coefficient (Wildman–Crippen LogP) is 1.58. The van der Waals surface area contributed by atoms with Gasteiger partial charge in [-0.2, -0.15) is 0 Å². The van der Waals surface area contributed by atoms with Crippen molar-refractivity contribution >= 4 is 5.90 Å². The molecule has 0 saturated carbocycles. The van der Waals surface area contributed by atoms with Crippen LogP contribution in [0.3, 0.4) is 0 Å². The third kappa shape index (κ3) is 2.97. The fraction of sp³-hybridized carbons (Fsp3) is 0.462. The van der Waals surface area contributed by atoms with Crippen molar-refractivity contribution in [2.45, 2.75) is 18.9 Å². The van der Waals surface area contributed by atoms with Gasteiger partial charge in [-0.3, -0.25) is 0 Å². The number of ether oxygens (including phenoxy) is 2. The number of hydrogen-bond donors (Lipinski definition) is 1. The molecule has 2 rings (SSSR count). The third-order valence-corrected chi connectivity index (χ3v) is 2.78. The molecule has 0 fully saturated rings. The van der Waals surface area contributed by atoms with Crippen LogP contribution in [0.25, 0.3) is 0 Å². The molecule has 2 N–H and O–H groups in total. The lowest BCUT2D eigenvalue weighted by atomic mass is 10.2. The lowest BCUT2D eigenvalue weighted by molar-refractivity contribution is 0.211. The van der Waals surface area contributed by atoms with E-state index in [1.54, 1.807) is 7.11 Å². The van der Waals surface area contributed by atoms with Crippen LogP contribution in [0.2, 0.25) is 0 Å². The minimum absolute atomic E-state index is 0.190. The van der Waals surface area contributed by atoms with E-state index in [0.29, 0.717) is 6.54 Å². The van der Waals surface area contributed by atoms with Crippen LogP contribution >= 0.6 is 0 Å². The second-order valence-corrected chi connectivity index (χ2v) is 4.05. The average Bonchev–Trinajstić information content (AvgIpc) is 2.85. The molecule has 1 aromatic rings. The predicted molar refractivity (Wildman–Crippen MR) is 67.6 cm³/mol. The summed E-state index contributed by atoms with van der Waals surface area (Å²) < 4.78 is 10.9. The molecule has 0 amide bonds. The highest BCUT2D eigenvalue weighted by atomic mass is 16.5. The zero-order chi connectivity index (χ0) is 12.1. The molecule has 1 atom stereocenters. The molecular weight excluding hydrogens is 216 g/mol. The molecule has 1 aliphatic heterocycles. The van der Waals surface area contributed by atoms with Crippen LogP contribution in [0.1, 0.15) is 18.4 Å². The van der Waals surface area contributed by atoms with Crippen LogP contribution in [0.4, 0.5) is 0 Å². The number of hydrogen-bond acceptors (Lipinski definition) is 4. The molecule has 0 spiro atoms. The number of aliphatic imine (C=N–C) groups is 1. The quantitative estimate of drug-likeness (QED) is 0.841. The Morgan fingerprint density at radius 1 is 1.41 bits per heavy atom. The SMILES string of the molecule is COc1ccc(C2=NCC(CCCN)O2)cc1. The van der Waals surface area contributed by atoms with Gasteiger partial charge < -0.3 is 15.2 Å². The minimum atomic E-state index is 0.190. The molecule has 0 radical (unpaired) electrons. The summed E-state index contributed by atoms with van der Waals surface area (Å²) in [6.07, 6.45) is 2.14. The van der Waals surface area contributed by atoms with Gasteiger partial charge in [-0.25, -0.2) is 4.99 Å². The van der Waals surface area contributed by atoms with E-state index in [-0.39, 0.29) is 6.10 Å². The first-order valence-electron chi connectivity index (χ1n) is 5.89. The summed E-state index contributed by atoms with van der Waals surface area (Å²) >= 11 is 0. The van der Waals surface area contributed by atoms with Crippen molar-refractivity contribution < 1.29 is 9.47 Å². The van der Waals surface area contributed by atoms with E-state index >= 15 is 0 Å². The van der Waals surface area contributed by atoms with Crippen LogP contribution in [0, 0.1) is 0 Å². The van der Waals surface area contributed by atoms with E-state index in [1.807, 2.05) is 24.3 Å². The highest BCUT2D eigenvalue weighted by Crippen LogP contribution is 2.18. The Bertz CT molecular complexity index is 387. The van der Waals surface area contributed by atoms with Crippen LogP contribution in [-0.2, 0) is 4.74 Å². The Morgan fingerprint density at radius 3 is 2.82 bits per heavy atom. The van der Waals surface area contributed by atoms with Gasteiger partial charge in [0.1, 0.15) is 11.9 Å². The van der Waals surface area contributed by atoms with Crippen molar-refractivity contribution in [3.05, 3.63) is 29.8 Å². The molecule has 1 unspecified atom stereocenters. The molecule has 1 aliphatic rings. The van der Waals surface area contributed by atoms with Crippen LogP contribution in [-0.4, -0.2) is 32.2 Å². The topological polar surface area (TPSA) is 56.8 Å². The monoisotopic (exact) mass is 234 g/mol. The number of benzene rings is 1. The van der Waals surface area contributed by atoms with Crippen molar-refractivity contribution in [2.75, 3.05) is 20.2 Å². The van der Waals surface area contributed by atoms with E-state index in [0.717, 1.165) is 36.6 Å². The summed E-state index contributed by atoms with van der Waals surface area (Å²) in [5.74, 6) is 1.57. The first kappa shape index (κ1) is 11.9. The fourth-order valence-electron chi connectivity index (χ4n) is 1.81. The molecule has 17 heavy (non-hydrogen) atoms. The number of nitrogens with zero attached hydrogens (tertiary/aromatic N) is 1. The molecular formula is C13H18N2O2. The molecule has 0 aliphatic carbocycles. The van der Waals surface area contributed by atoms with E-state index in [9.17, 15) is 0 Å². The van der Waals surface area contributed by atoms with Gasteiger partial charge in [0.15, 0.2) is 0 Å². The lowest BCUT2D eigenvalue weighted by Gasteiger charge is -2.10. The standard InChI is InChI=1S/C13H18N2O2/c1-16-11-6-4-10(5-7-11)13-15-9-12(17-13)3-2-8-14/h4-7,12H,2-3,8-9,14H2,1H3. The van der Waals surface area contributed by atoms with Gasteiger partial charge in [0.2, 0.25) is 5.90 Å². The zero-order valence-electron chi connectivity index (χ0n) is 10.1. The molecule has 0 saturated heterocycles. The number of nitrogens with two attached hydrogens (primary N) is 1. The Balaban J connectivity index is 1.95. The van der Waals surface area contributed by atoms with Gasteiger partial charge in [-0.15, -0.1) is 0 Å². The van der Waals surface area contributed by atoms with Crippen molar-refractivity contribution in [3.8, 4) is 5.75 Å². The summed E-state index contributed by atoms with van der Waals surface area (Å²) in [5.41, 5.74) is 6.48. The summed E-state index contributed by atoms with van der Waals surface area (Å²) in [7, 11) is 1.65. The molecule has 1 heterocycles. The van der Waals surface area contributed by atoms with Crippen molar-refractivity contribution in [3.63, 3.8) is 0 Å². The third-order valence-electron chi connectivity index (χ3n) is 2.78. The minimum Gasteiger partial charge on any atom is -0.497 e. The van der Waals surface area contributed by atoms with Gasteiger partial charge in [0, 0.05) is 5.56 Å². The van der Waals surface area contributed by atoms with E-state index < -0.39 is 0 Å². The second kappa shape index (κ2) is 5.68. The highest BCUT2D eigenvalue weighted by molar-refractivity contribution is 5.95. The number of rotatable bonds is 5. The fourth-order valence-corrected chi connectivity index (χ4v) is 1.81. The van der Waals surface area contributed by atoms with Gasteiger partial charge >= 0.3 is 0 Å². The molecule has 4 heteroatoms.